The first-order valence-electron chi connectivity index (χ1n) is 27.1. The number of carboxylic acid groups (broad SMARTS) is 2. The predicted octanol–water partition coefficient (Wildman–Crippen LogP) is 4.71. The van der Waals surface area contributed by atoms with E-state index in [1.165, 1.54) is 32.1 Å². The van der Waals surface area contributed by atoms with Crippen LogP contribution in [0.5, 0.6) is 0 Å². The third-order valence-corrected chi connectivity index (χ3v) is 12.6. The van der Waals surface area contributed by atoms with Crippen molar-refractivity contribution in [1.82, 2.24) is 42.1 Å². The number of nitrogens with one attached hydrogen (secondary N) is 7. The van der Waals surface area contributed by atoms with Crippen molar-refractivity contribution in [2.24, 2.45) is 29.6 Å². The summed E-state index contributed by atoms with van der Waals surface area (Å²) >= 11 is 0. The highest BCUT2D eigenvalue weighted by atomic mass is 16.4. The Morgan fingerprint density at radius 3 is 1.29 bits per heavy atom. The van der Waals surface area contributed by atoms with E-state index in [2.05, 4.69) is 44.1 Å². The minimum Gasteiger partial charge on any atom is -0.481 e. The Morgan fingerprint density at radius 2 is 0.849 bits per heavy atom. The maximum atomic E-state index is 15.1. The van der Waals surface area contributed by atoms with E-state index in [1.54, 1.807) is 55.4 Å². The van der Waals surface area contributed by atoms with Gasteiger partial charge in [0.25, 0.3) is 0 Å². The van der Waals surface area contributed by atoms with Crippen molar-refractivity contribution in [1.29, 1.82) is 0 Å². The minimum atomic E-state index is -1.66. The number of carboxylic acids is 2. The molecule has 0 spiro atoms. The van der Waals surface area contributed by atoms with Crippen LogP contribution in [-0.4, -0.2) is 130 Å². The molecular weight excluding hydrogens is 941 g/mol. The average Bonchev–Trinajstić information content (AvgIpc) is 3.28. The number of amides is 8. The molecule has 0 unspecified atom stereocenters. The lowest BCUT2D eigenvalue weighted by atomic mass is 9.97. The first kappa shape index (κ1) is 65.7. The molecule has 0 bridgehead atoms. The van der Waals surface area contributed by atoms with Gasteiger partial charge in [0.15, 0.2) is 0 Å². The van der Waals surface area contributed by atoms with Gasteiger partial charge in [-0.25, -0.2) is 0 Å². The van der Waals surface area contributed by atoms with Crippen LogP contribution in [0.3, 0.4) is 0 Å². The number of unbranched alkanes of at least 4 members (excludes halogenated alkanes) is 9. The maximum absolute atomic E-state index is 15.1. The summed E-state index contributed by atoms with van der Waals surface area (Å²) in [6.45, 7) is 19.4. The molecule has 1 aliphatic rings. The van der Waals surface area contributed by atoms with Crippen LogP contribution in [0, 0.1) is 29.6 Å². The van der Waals surface area contributed by atoms with Crippen molar-refractivity contribution >= 4 is 59.2 Å². The van der Waals surface area contributed by atoms with Gasteiger partial charge < -0.3 is 52.3 Å². The molecule has 0 aromatic rings. The molecule has 8 amide bonds. The van der Waals surface area contributed by atoms with E-state index < -0.39 is 140 Å². The third kappa shape index (κ3) is 27.0. The fraction of sp³-hybridized carbons (Fsp3) is 0.811. The normalized spacial score (nSPS) is 22.4. The number of carbonyl (C=O) groups is 10. The molecule has 1 aliphatic heterocycles. The summed E-state index contributed by atoms with van der Waals surface area (Å²) < 4.78 is 0. The molecule has 0 saturated carbocycles. The minimum absolute atomic E-state index is 0.0225. The highest BCUT2D eigenvalue weighted by molar-refractivity contribution is 5.99. The first-order chi connectivity index (χ1) is 34.3. The Bertz CT molecular complexity index is 1790. The van der Waals surface area contributed by atoms with Gasteiger partial charge in [-0.3, -0.25) is 47.9 Å². The number of rotatable bonds is 28. The van der Waals surface area contributed by atoms with Crippen LogP contribution in [0.25, 0.3) is 0 Å². The zero-order chi connectivity index (χ0) is 55.4. The third-order valence-electron chi connectivity index (χ3n) is 12.6. The topological polar surface area (TPSA) is 299 Å². The summed E-state index contributed by atoms with van der Waals surface area (Å²) in [5, 5.41) is 38.5. The van der Waals surface area contributed by atoms with Gasteiger partial charge in [-0.15, -0.1) is 0 Å². The highest BCUT2D eigenvalue weighted by Gasteiger charge is 2.40. The Kier molecular flexibility index (Phi) is 31.5. The lowest BCUT2D eigenvalue weighted by molar-refractivity contribution is -0.148. The van der Waals surface area contributed by atoms with Crippen LogP contribution in [0.1, 0.15) is 192 Å². The Morgan fingerprint density at radius 1 is 0.479 bits per heavy atom. The largest absolute Gasteiger partial charge is 0.481 e. The van der Waals surface area contributed by atoms with Gasteiger partial charge in [0.2, 0.25) is 47.3 Å². The second-order valence-corrected chi connectivity index (χ2v) is 21.9. The quantitative estimate of drug-likeness (QED) is 0.0482. The van der Waals surface area contributed by atoms with Crippen LogP contribution in [0.15, 0.2) is 0 Å². The molecule has 9 N–H and O–H groups in total. The van der Waals surface area contributed by atoms with Gasteiger partial charge in [-0.1, -0.05) is 134 Å². The standard InChI is InChI=1S/C53H94N8O12/c1-12-13-14-15-16-17-18-19-20-21-26-54-43(62)31-61-42(23-25-45(65)66)51(71)58-39(28-33(4)5)48(68)57-40(29-34(6)7)50(70)60-46(36(10)11)52(72)55-37(22-24-44(63)64)47(67)56-38(27-32(2)3)49(69)59-41(53(61)73)30-35(8)9/h32-42,46H,12-31H2,1-11H3,(H,54,62)(H,55,72)(H,56,67)(H,57,68)(H,58,71)(H,59,69)(H,60,70)(H,63,64)(H,65,66)/t37-,38+,39-,40+,41-,42-,46-/m0/s1. The van der Waals surface area contributed by atoms with Crippen LogP contribution in [-0.2, 0) is 47.9 Å². The second-order valence-electron chi connectivity index (χ2n) is 21.9. The average molecular weight is 1040 g/mol. The maximum Gasteiger partial charge on any atom is 0.303 e. The molecule has 7 atom stereocenters. The summed E-state index contributed by atoms with van der Waals surface area (Å²) in [6, 6.07) is -9.81. The molecule has 20 nitrogen and oxygen atoms in total. The van der Waals surface area contributed by atoms with Crippen molar-refractivity contribution in [3.63, 3.8) is 0 Å². The molecule has 1 fully saturated rings. The van der Waals surface area contributed by atoms with Gasteiger partial charge >= 0.3 is 11.9 Å². The van der Waals surface area contributed by atoms with Crippen molar-refractivity contribution < 1.29 is 58.2 Å². The molecule has 1 heterocycles. The number of hydrogen-bond donors (Lipinski definition) is 9. The molecule has 0 aromatic heterocycles. The van der Waals surface area contributed by atoms with Crippen molar-refractivity contribution in [3.8, 4) is 0 Å². The summed E-state index contributed by atoms with van der Waals surface area (Å²) in [5.41, 5.74) is 0. The number of carbonyl (C=O) groups excluding carboxylic acids is 8. The van der Waals surface area contributed by atoms with Crippen molar-refractivity contribution in [3.05, 3.63) is 0 Å². The Balaban J connectivity index is 4.06. The smallest absolute Gasteiger partial charge is 0.303 e. The molecule has 0 aliphatic carbocycles. The second kappa shape index (κ2) is 35.0. The van der Waals surface area contributed by atoms with E-state index in [4.69, 9.17) is 0 Å². The predicted molar refractivity (Wildman–Crippen MR) is 278 cm³/mol. The van der Waals surface area contributed by atoms with Crippen LogP contribution in [0.2, 0.25) is 0 Å². The van der Waals surface area contributed by atoms with Crippen LogP contribution in [0.4, 0.5) is 0 Å². The van der Waals surface area contributed by atoms with E-state index in [-0.39, 0.29) is 55.9 Å². The lowest BCUT2D eigenvalue weighted by Gasteiger charge is -2.35. The van der Waals surface area contributed by atoms with Gasteiger partial charge in [0.05, 0.1) is 0 Å². The van der Waals surface area contributed by atoms with E-state index in [1.807, 2.05) is 13.8 Å². The Hall–Kier alpha value is -5.30. The molecule has 1 saturated heterocycles. The van der Waals surface area contributed by atoms with Gasteiger partial charge in [0.1, 0.15) is 48.8 Å². The summed E-state index contributed by atoms with van der Waals surface area (Å²) in [7, 11) is 0. The number of hydrogen-bond acceptors (Lipinski definition) is 10. The molecule has 20 heteroatoms. The zero-order valence-corrected chi connectivity index (χ0v) is 46.0. The molecule has 418 valence electrons. The van der Waals surface area contributed by atoms with E-state index >= 15 is 4.79 Å². The highest BCUT2D eigenvalue weighted by Crippen LogP contribution is 2.19. The van der Waals surface area contributed by atoms with Gasteiger partial charge in [-0.2, -0.15) is 0 Å². The van der Waals surface area contributed by atoms with Crippen molar-refractivity contribution in [2.75, 3.05) is 13.1 Å². The number of nitrogens with zero attached hydrogens (tertiary/aromatic N) is 1. The molecule has 73 heavy (non-hydrogen) atoms. The van der Waals surface area contributed by atoms with Crippen molar-refractivity contribution in [2.45, 2.75) is 234 Å². The molecule has 0 aromatic carbocycles. The summed E-state index contributed by atoms with van der Waals surface area (Å²) in [5.74, 6) is -10.7. The first-order valence-corrected chi connectivity index (χ1v) is 27.1. The lowest BCUT2D eigenvalue weighted by Crippen LogP contribution is -2.62. The summed E-state index contributed by atoms with van der Waals surface area (Å²) in [4.78, 5) is 140. The van der Waals surface area contributed by atoms with Crippen LogP contribution < -0.4 is 37.2 Å². The van der Waals surface area contributed by atoms with E-state index in [0.717, 1.165) is 30.6 Å². The van der Waals surface area contributed by atoms with E-state index in [0.29, 0.717) is 6.42 Å². The van der Waals surface area contributed by atoms with E-state index in [9.17, 15) is 53.4 Å². The SMILES string of the molecule is CCCCCCCCCCCCNC(=O)CN1C(=O)[C@H](CC(C)C)NC(=O)[C@@H](CC(C)C)NC(=O)[C@H](CCC(=O)O)NC(=O)[C@H](C(C)C)NC(=O)[C@@H](CC(C)C)NC(=O)[C@H](CC(C)C)NC(=O)[C@@H]1CCC(=O)O. The summed E-state index contributed by atoms with van der Waals surface area (Å²) in [6.07, 6.45) is 8.75. The fourth-order valence-corrected chi connectivity index (χ4v) is 8.75. The van der Waals surface area contributed by atoms with Crippen LogP contribution >= 0.6 is 0 Å². The number of aliphatic carboxylic acids is 2. The molecule has 0 radical (unpaired) electrons. The van der Waals surface area contributed by atoms with Gasteiger partial charge in [0, 0.05) is 19.4 Å². The fourth-order valence-electron chi connectivity index (χ4n) is 8.75. The Labute approximate surface area is 435 Å². The monoisotopic (exact) mass is 1030 g/mol. The molecular formula is C53H94N8O12. The molecule has 1 rings (SSSR count). The van der Waals surface area contributed by atoms with Gasteiger partial charge in [-0.05, 0) is 74.5 Å². The zero-order valence-electron chi connectivity index (χ0n) is 46.0.